The fourth-order valence-electron chi connectivity index (χ4n) is 8.04. The number of hydrogen-bond acceptors (Lipinski definition) is 0. The van der Waals surface area contributed by atoms with Gasteiger partial charge in [0.1, 0.15) is 0 Å². The van der Waals surface area contributed by atoms with Crippen molar-refractivity contribution in [2.45, 2.75) is 25.7 Å². The van der Waals surface area contributed by atoms with Crippen LogP contribution in [0.15, 0.2) is 60.7 Å². The van der Waals surface area contributed by atoms with Gasteiger partial charge in [-0.3, -0.25) is 0 Å². The summed E-state index contributed by atoms with van der Waals surface area (Å²) < 4.78 is 0. The van der Waals surface area contributed by atoms with Crippen LogP contribution in [0.5, 0.6) is 0 Å². The van der Waals surface area contributed by atoms with Crippen molar-refractivity contribution < 1.29 is 0 Å². The van der Waals surface area contributed by atoms with Crippen LogP contribution in [0.25, 0.3) is 54.6 Å². The smallest absolute Gasteiger partial charge is 0.000694 e. The molecule has 0 spiro atoms. The minimum absolute atomic E-state index is 1.08. The van der Waals surface area contributed by atoms with Gasteiger partial charge in [-0.25, -0.2) is 0 Å². The van der Waals surface area contributed by atoms with Gasteiger partial charge in [0, 0.05) is 0 Å². The van der Waals surface area contributed by atoms with E-state index in [1.54, 1.807) is 66.1 Å². The monoisotopic (exact) mass is 402 g/mol. The zero-order valence-corrected chi connectivity index (χ0v) is 17.6. The Morgan fingerprint density at radius 3 is 1.38 bits per heavy atom. The molecule has 4 aliphatic carbocycles. The fourth-order valence-corrected chi connectivity index (χ4v) is 8.04. The van der Waals surface area contributed by atoms with Crippen molar-refractivity contribution >= 4 is 32.3 Å². The van der Waals surface area contributed by atoms with Gasteiger partial charge < -0.3 is 0 Å². The van der Waals surface area contributed by atoms with Crippen molar-refractivity contribution in [2.24, 2.45) is 0 Å². The van der Waals surface area contributed by atoms with E-state index in [-0.39, 0.29) is 0 Å². The topological polar surface area (TPSA) is 0 Å². The molecule has 146 valence electrons. The summed E-state index contributed by atoms with van der Waals surface area (Å²) in [5.74, 6) is 0. The lowest BCUT2D eigenvalue weighted by Gasteiger charge is -2.29. The van der Waals surface area contributed by atoms with Gasteiger partial charge >= 0.3 is 0 Å². The molecule has 0 saturated heterocycles. The molecule has 0 bridgehead atoms. The summed E-state index contributed by atoms with van der Waals surface area (Å²) >= 11 is 0. The van der Waals surface area contributed by atoms with Crippen LogP contribution < -0.4 is 0 Å². The van der Waals surface area contributed by atoms with Crippen LogP contribution in [0, 0.1) is 0 Å². The van der Waals surface area contributed by atoms with Crippen molar-refractivity contribution in [2.75, 3.05) is 0 Å². The summed E-state index contributed by atoms with van der Waals surface area (Å²) in [5.41, 5.74) is 18.7. The van der Waals surface area contributed by atoms with Crippen LogP contribution >= 0.6 is 0 Å². The lowest BCUT2D eigenvalue weighted by Crippen LogP contribution is -2.08. The van der Waals surface area contributed by atoms with Gasteiger partial charge in [0.2, 0.25) is 0 Å². The van der Waals surface area contributed by atoms with E-state index in [0.717, 1.165) is 25.7 Å². The standard InChI is InChI=1S/C32H18/c1-4-15-10-19-12-20-11-16-5-2-7-18-14-24-22-9-3-8-21-23-13-17(6-1)25(15)30(23)27(19)32(29(21)22)28(20)31(24)26(16)18/h1-9,12H,10-11,13-14H2. The lowest BCUT2D eigenvalue weighted by atomic mass is 9.74. The van der Waals surface area contributed by atoms with Crippen molar-refractivity contribution in [3.05, 3.63) is 105 Å². The molecule has 0 saturated carbocycles. The molecule has 0 nitrogen and oxygen atoms in total. The first kappa shape index (κ1) is 15.2. The molecular weight excluding hydrogens is 384 g/mol. The third-order valence-electron chi connectivity index (χ3n) is 9.03. The van der Waals surface area contributed by atoms with Crippen molar-refractivity contribution in [3.8, 4) is 22.3 Å². The first-order valence-corrected chi connectivity index (χ1v) is 11.9. The molecular formula is C32H18. The van der Waals surface area contributed by atoms with Gasteiger partial charge in [0.05, 0.1) is 0 Å². The summed E-state index contributed by atoms with van der Waals surface area (Å²) in [6.45, 7) is 0. The highest BCUT2D eigenvalue weighted by Crippen LogP contribution is 2.59. The maximum absolute atomic E-state index is 2.59. The van der Waals surface area contributed by atoms with Crippen LogP contribution in [0.2, 0.25) is 0 Å². The Morgan fingerprint density at radius 1 is 0.375 bits per heavy atom. The van der Waals surface area contributed by atoms with Gasteiger partial charge in [0.15, 0.2) is 0 Å². The molecule has 0 heterocycles. The van der Waals surface area contributed by atoms with Crippen LogP contribution in [-0.2, 0) is 25.7 Å². The first-order valence-electron chi connectivity index (χ1n) is 11.9. The molecule has 0 radical (unpaired) electrons. The van der Waals surface area contributed by atoms with Crippen molar-refractivity contribution in [3.63, 3.8) is 0 Å². The Labute approximate surface area is 185 Å². The second kappa shape index (κ2) is 4.59. The molecule has 0 amide bonds. The highest BCUT2D eigenvalue weighted by molar-refractivity contribution is 6.34. The normalized spacial score (nSPS) is 15.6. The average Bonchev–Trinajstić information content (AvgIpc) is 3.40. The Balaban J connectivity index is 1.58. The lowest BCUT2D eigenvalue weighted by molar-refractivity contribution is 1.15. The Morgan fingerprint density at radius 2 is 0.844 bits per heavy atom. The highest BCUT2D eigenvalue weighted by atomic mass is 14.4. The third kappa shape index (κ3) is 1.39. The SMILES string of the molecule is c1cc2c3c(c1)Cc1cc4c5c6c(c7cccc8c(c-3c1c5c87)C2)Cc1cccc(c1-6)C4. The fraction of sp³-hybridized carbons (Fsp3) is 0.125. The molecule has 0 heteroatoms. The van der Waals surface area contributed by atoms with Crippen LogP contribution in [0.3, 0.4) is 0 Å². The molecule has 0 N–H and O–H groups in total. The predicted octanol–water partition coefficient (Wildman–Crippen LogP) is 7.53. The zero-order valence-electron chi connectivity index (χ0n) is 17.6. The summed E-state index contributed by atoms with van der Waals surface area (Å²) in [7, 11) is 0. The molecule has 4 aliphatic rings. The minimum Gasteiger partial charge on any atom is -0.0617 e. The summed E-state index contributed by atoms with van der Waals surface area (Å²) in [4.78, 5) is 0. The molecule has 0 fully saturated rings. The second-order valence-corrected chi connectivity index (χ2v) is 10.4. The molecule has 6 aromatic carbocycles. The van der Waals surface area contributed by atoms with Gasteiger partial charge in [-0.2, -0.15) is 0 Å². The van der Waals surface area contributed by atoms with E-state index >= 15 is 0 Å². The number of hydrogen-bond donors (Lipinski definition) is 0. The van der Waals surface area contributed by atoms with Crippen LogP contribution in [0.4, 0.5) is 0 Å². The van der Waals surface area contributed by atoms with Gasteiger partial charge in [-0.15, -0.1) is 0 Å². The van der Waals surface area contributed by atoms with Crippen LogP contribution in [-0.4, -0.2) is 0 Å². The quantitative estimate of drug-likeness (QED) is 0.230. The van der Waals surface area contributed by atoms with E-state index < -0.39 is 0 Å². The van der Waals surface area contributed by atoms with E-state index in [2.05, 4.69) is 60.7 Å². The zero-order chi connectivity index (χ0) is 20.3. The minimum atomic E-state index is 1.08. The van der Waals surface area contributed by atoms with Crippen molar-refractivity contribution in [1.82, 2.24) is 0 Å². The van der Waals surface area contributed by atoms with E-state index in [9.17, 15) is 0 Å². The molecule has 0 aromatic heterocycles. The largest absolute Gasteiger partial charge is 0.0617 e. The Kier molecular flexibility index (Phi) is 2.18. The average molecular weight is 402 g/mol. The second-order valence-electron chi connectivity index (χ2n) is 10.4. The highest BCUT2D eigenvalue weighted by Gasteiger charge is 2.37. The molecule has 10 rings (SSSR count). The van der Waals surface area contributed by atoms with E-state index in [1.165, 1.54) is 33.0 Å². The number of benzene rings is 6. The van der Waals surface area contributed by atoms with Gasteiger partial charge in [-0.05, 0) is 125 Å². The third-order valence-corrected chi connectivity index (χ3v) is 9.03. The first-order chi connectivity index (χ1) is 15.9. The maximum Gasteiger partial charge on any atom is -0.000694 e. The molecule has 6 aromatic rings. The van der Waals surface area contributed by atoms with Crippen molar-refractivity contribution in [1.29, 1.82) is 0 Å². The van der Waals surface area contributed by atoms with E-state index in [0.29, 0.717) is 0 Å². The molecule has 32 heavy (non-hydrogen) atoms. The molecule has 0 unspecified atom stereocenters. The van der Waals surface area contributed by atoms with Gasteiger partial charge in [0.25, 0.3) is 0 Å². The number of rotatable bonds is 0. The summed E-state index contributed by atoms with van der Waals surface area (Å²) in [6, 6.07) is 23.7. The Hall–Kier alpha value is -3.64. The van der Waals surface area contributed by atoms with Crippen LogP contribution in [0.1, 0.15) is 44.5 Å². The molecule has 0 atom stereocenters. The van der Waals surface area contributed by atoms with E-state index in [1.807, 2.05) is 0 Å². The summed E-state index contributed by atoms with van der Waals surface area (Å²) in [5, 5.41) is 9.28. The predicted molar refractivity (Wildman–Crippen MR) is 132 cm³/mol. The summed E-state index contributed by atoms with van der Waals surface area (Å²) in [6.07, 6.45) is 4.32. The molecule has 0 aliphatic heterocycles. The number of fused-ring (bicyclic) bond motifs is 2. The van der Waals surface area contributed by atoms with Gasteiger partial charge in [-0.1, -0.05) is 60.7 Å². The Bertz CT molecular complexity index is 1780. The van der Waals surface area contributed by atoms with E-state index in [4.69, 9.17) is 0 Å². The maximum atomic E-state index is 2.59.